The van der Waals surface area contributed by atoms with E-state index in [4.69, 9.17) is 0 Å². The summed E-state index contributed by atoms with van der Waals surface area (Å²) in [4.78, 5) is 11.6. The highest BCUT2D eigenvalue weighted by atomic mass is 16.1. The molecule has 1 aliphatic heterocycles. The van der Waals surface area contributed by atoms with Gasteiger partial charge in [0.2, 0.25) is 5.91 Å². The number of nitrogens with zero attached hydrogens (tertiary/aromatic N) is 3. The van der Waals surface area contributed by atoms with E-state index >= 15 is 0 Å². The van der Waals surface area contributed by atoms with Crippen LogP contribution in [-0.4, -0.2) is 40.5 Å². The molecule has 1 aliphatic rings. The first-order chi connectivity index (χ1) is 8.34. The van der Waals surface area contributed by atoms with Crippen LogP contribution in [0, 0.1) is 0 Å². The Morgan fingerprint density at radius 1 is 1.59 bits per heavy atom. The average Bonchev–Trinajstić information content (AvgIpc) is 2.88. The van der Waals surface area contributed by atoms with Gasteiger partial charge in [-0.2, -0.15) is 0 Å². The summed E-state index contributed by atoms with van der Waals surface area (Å²) < 4.78 is 1.66. The third kappa shape index (κ3) is 3.99. The Morgan fingerprint density at radius 2 is 2.53 bits per heavy atom. The van der Waals surface area contributed by atoms with Crippen LogP contribution in [0.1, 0.15) is 12.8 Å². The van der Waals surface area contributed by atoms with Gasteiger partial charge >= 0.3 is 0 Å². The van der Waals surface area contributed by atoms with E-state index < -0.39 is 0 Å². The number of aromatic nitrogens is 3. The highest BCUT2D eigenvalue weighted by molar-refractivity contribution is 5.76. The number of hydrogen-bond acceptors (Lipinski definition) is 4. The molecule has 0 aromatic carbocycles. The van der Waals surface area contributed by atoms with Crippen molar-refractivity contribution in [1.29, 1.82) is 0 Å². The summed E-state index contributed by atoms with van der Waals surface area (Å²) in [5.74, 6) is 0.0555. The van der Waals surface area contributed by atoms with Gasteiger partial charge in [0.05, 0.1) is 12.7 Å². The van der Waals surface area contributed by atoms with Gasteiger partial charge in [0.25, 0.3) is 0 Å². The largest absolute Gasteiger partial charge is 0.352 e. The van der Waals surface area contributed by atoms with Crippen molar-refractivity contribution in [2.24, 2.45) is 0 Å². The molecule has 0 fully saturated rings. The van der Waals surface area contributed by atoms with Crippen LogP contribution in [0.5, 0.6) is 0 Å². The Hall–Kier alpha value is -1.69. The topological polar surface area (TPSA) is 71.8 Å². The summed E-state index contributed by atoms with van der Waals surface area (Å²) in [7, 11) is 0. The highest BCUT2D eigenvalue weighted by Gasteiger charge is 2.05. The zero-order valence-corrected chi connectivity index (χ0v) is 9.72. The Morgan fingerprint density at radius 3 is 3.24 bits per heavy atom. The molecule has 0 aliphatic carbocycles. The molecule has 0 radical (unpaired) electrons. The van der Waals surface area contributed by atoms with Gasteiger partial charge in [-0.05, 0) is 13.0 Å². The summed E-state index contributed by atoms with van der Waals surface area (Å²) in [5.41, 5.74) is 1.30. The molecule has 6 heteroatoms. The Kier molecular flexibility index (Phi) is 4.26. The van der Waals surface area contributed by atoms with Crippen molar-refractivity contribution in [3.8, 4) is 0 Å². The first-order valence-electron chi connectivity index (χ1n) is 5.84. The predicted octanol–water partition coefficient (Wildman–Crippen LogP) is -0.296. The third-order valence-electron chi connectivity index (χ3n) is 2.71. The molecule has 1 aromatic heterocycles. The van der Waals surface area contributed by atoms with Crippen molar-refractivity contribution in [3.63, 3.8) is 0 Å². The fourth-order valence-electron chi connectivity index (χ4n) is 1.70. The molecule has 1 aromatic rings. The van der Waals surface area contributed by atoms with E-state index in [0.717, 1.165) is 19.5 Å². The molecule has 0 saturated heterocycles. The molecular weight excluding hydrogens is 218 g/mol. The molecule has 0 atom stereocenters. The molecule has 0 unspecified atom stereocenters. The quantitative estimate of drug-likeness (QED) is 0.688. The van der Waals surface area contributed by atoms with Gasteiger partial charge in [0.15, 0.2) is 0 Å². The monoisotopic (exact) mass is 235 g/mol. The van der Waals surface area contributed by atoms with Crippen LogP contribution in [0.2, 0.25) is 0 Å². The maximum Gasteiger partial charge on any atom is 0.222 e. The number of hydrogen-bond donors (Lipinski definition) is 2. The van der Waals surface area contributed by atoms with Crippen LogP contribution in [0.15, 0.2) is 24.0 Å². The molecule has 0 spiro atoms. The van der Waals surface area contributed by atoms with Crippen molar-refractivity contribution in [2.45, 2.75) is 19.4 Å². The number of carbonyl (C=O) groups excluding carboxylic acids is 1. The first-order valence-corrected chi connectivity index (χ1v) is 5.84. The smallest absolute Gasteiger partial charge is 0.222 e. The van der Waals surface area contributed by atoms with Crippen molar-refractivity contribution in [1.82, 2.24) is 25.6 Å². The van der Waals surface area contributed by atoms with E-state index in [1.807, 2.05) is 0 Å². The molecule has 0 bridgehead atoms. The van der Waals surface area contributed by atoms with Gasteiger partial charge in [-0.25, -0.2) is 0 Å². The van der Waals surface area contributed by atoms with E-state index in [2.05, 4.69) is 27.0 Å². The van der Waals surface area contributed by atoms with Crippen LogP contribution >= 0.6 is 0 Å². The molecule has 92 valence electrons. The number of rotatable bonds is 5. The normalized spacial score (nSPS) is 15.4. The van der Waals surface area contributed by atoms with Crippen molar-refractivity contribution < 1.29 is 4.79 Å². The number of carbonyl (C=O) groups is 1. The Bertz CT molecular complexity index is 385. The van der Waals surface area contributed by atoms with Crippen LogP contribution < -0.4 is 10.6 Å². The fourth-order valence-corrected chi connectivity index (χ4v) is 1.70. The zero-order valence-electron chi connectivity index (χ0n) is 9.72. The SMILES string of the molecule is O=C(CCn1ccnn1)NCC1=CCNCC1. The zero-order chi connectivity index (χ0) is 11.9. The summed E-state index contributed by atoms with van der Waals surface area (Å²) >= 11 is 0. The predicted molar refractivity (Wildman–Crippen MR) is 63.2 cm³/mol. The van der Waals surface area contributed by atoms with Crippen LogP contribution in [-0.2, 0) is 11.3 Å². The highest BCUT2D eigenvalue weighted by Crippen LogP contribution is 2.02. The first kappa shape index (κ1) is 11.8. The lowest BCUT2D eigenvalue weighted by Crippen LogP contribution is -2.30. The van der Waals surface area contributed by atoms with E-state index in [0.29, 0.717) is 19.5 Å². The molecule has 6 nitrogen and oxygen atoms in total. The van der Waals surface area contributed by atoms with Crippen LogP contribution in [0.25, 0.3) is 0 Å². The second kappa shape index (κ2) is 6.15. The van der Waals surface area contributed by atoms with E-state index in [1.54, 1.807) is 17.1 Å². The standard InChI is InChI=1S/C11H17N5O/c17-11(3-7-16-8-6-14-15-16)13-9-10-1-4-12-5-2-10/h1,6,8,12H,2-5,7,9H2,(H,13,17). The summed E-state index contributed by atoms with van der Waals surface area (Å²) in [6.07, 6.45) is 6.96. The van der Waals surface area contributed by atoms with Gasteiger partial charge in [-0.15, -0.1) is 5.10 Å². The summed E-state index contributed by atoms with van der Waals surface area (Å²) in [6, 6.07) is 0. The molecule has 1 amide bonds. The minimum absolute atomic E-state index is 0.0555. The van der Waals surface area contributed by atoms with Gasteiger partial charge in [0.1, 0.15) is 0 Å². The Balaban J connectivity index is 1.65. The van der Waals surface area contributed by atoms with Gasteiger partial charge < -0.3 is 10.6 Å². The van der Waals surface area contributed by atoms with Crippen molar-refractivity contribution in [3.05, 3.63) is 24.0 Å². The Labute approximate surface area is 100 Å². The molecular formula is C11H17N5O. The average molecular weight is 235 g/mol. The molecule has 17 heavy (non-hydrogen) atoms. The molecule has 2 heterocycles. The maximum absolute atomic E-state index is 11.6. The molecule has 2 rings (SSSR count). The minimum atomic E-state index is 0.0555. The number of nitrogens with one attached hydrogen (secondary N) is 2. The van der Waals surface area contributed by atoms with Crippen molar-refractivity contribution >= 4 is 5.91 Å². The van der Waals surface area contributed by atoms with E-state index in [-0.39, 0.29) is 5.91 Å². The van der Waals surface area contributed by atoms with Crippen LogP contribution in [0.3, 0.4) is 0 Å². The van der Waals surface area contributed by atoms with Crippen molar-refractivity contribution in [2.75, 3.05) is 19.6 Å². The molecule has 2 N–H and O–H groups in total. The number of amides is 1. The van der Waals surface area contributed by atoms with E-state index in [1.165, 1.54) is 5.57 Å². The second-order valence-electron chi connectivity index (χ2n) is 4.01. The maximum atomic E-state index is 11.6. The third-order valence-corrected chi connectivity index (χ3v) is 2.71. The lowest BCUT2D eigenvalue weighted by molar-refractivity contribution is -0.121. The number of aryl methyl sites for hydroxylation is 1. The summed E-state index contributed by atoms with van der Waals surface area (Å²) in [5, 5.41) is 13.6. The lowest BCUT2D eigenvalue weighted by atomic mass is 10.1. The lowest BCUT2D eigenvalue weighted by Gasteiger charge is -2.14. The van der Waals surface area contributed by atoms with Gasteiger partial charge in [0, 0.05) is 25.7 Å². The van der Waals surface area contributed by atoms with Gasteiger partial charge in [-0.3, -0.25) is 9.48 Å². The fraction of sp³-hybridized carbons (Fsp3) is 0.545. The minimum Gasteiger partial charge on any atom is -0.352 e. The van der Waals surface area contributed by atoms with Gasteiger partial charge in [-0.1, -0.05) is 16.9 Å². The summed E-state index contributed by atoms with van der Waals surface area (Å²) in [6.45, 7) is 3.15. The second-order valence-corrected chi connectivity index (χ2v) is 4.01. The van der Waals surface area contributed by atoms with Crippen LogP contribution in [0.4, 0.5) is 0 Å². The van der Waals surface area contributed by atoms with E-state index in [9.17, 15) is 4.79 Å². The molecule has 0 saturated carbocycles.